The fraction of sp³-hybridized carbons (Fsp3) is 0.167. The second-order valence-electron chi connectivity index (χ2n) is 4.48. The molecule has 0 heterocycles. The van der Waals surface area contributed by atoms with Crippen LogP contribution in [0.25, 0.3) is 10.8 Å². The molecule has 0 aliphatic rings. The van der Waals surface area contributed by atoms with E-state index in [9.17, 15) is 23.5 Å². The van der Waals surface area contributed by atoms with E-state index in [4.69, 9.17) is 0 Å². The Labute approximate surface area is 116 Å². The van der Waals surface area contributed by atoms with Crippen LogP contribution in [0.15, 0.2) is 34.8 Å². The summed E-state index contributed by atoms with van der Waals surface area (Å²) < 4.78 is 25.7. The first-order valence-electron chi connectivity index (χ1n) is 5.35. The van der Waals surface area contributed by atoms with E-state index in [1.165, 1.54) is 12.1 Å². The molecule has 2 aromatic rings. The van der Waals surface area contributed by atoms with Crippen LogP contribution in [0.1, 0.15) is 5.56 Å². The summed E-state index contributed by atoms with van der Waals surface area (Å²) in [6.07, 6.45) is -3.65. The fourth-order valence-corrected chi connectivity index (χ4v) is 4.26. The number of hydrogen-bond donors (Lipinski definition) is 3. The van der Waals surface area contributed by atoms with Gasteiger partial charge >= 0.3 is 116 Å². The molecule has 0 unspecified atom stereocenters. The van der Waals surface area contributed by atoms with Crippen molar-refractivity contribution in [2.24, 2.45) is 0 Å². The van der Waals surface area contributed by atoms with Crippen molar-refractivity contribution < 1.29 is 23.5 Å². The molecule has 0 aliphatic heterocycles. The number of hydrogen-bond acceptors (Lipinski definition) is 3. The Morgan fingerprint density at radius 1 is 1.05 bits per heavy atom. The third-order valence-electron chi connectivity index (χ3n) is 2.88. The van der Waals surface area contributed by atoms with Crippen LogP contribution in [0, 0.1) is 6.92 Å². The summed E-state index contributed by atoms with van der Waals surface area (Å²) in [4.78, 5) is 28.8. The summed E-state index contributed by atoms with van der Waals surface area (Å²) in [7, 11) is -6.20. The van der Waals surface area contributed by atoms with E-state index in [-0.39, 0.29) is 4.47 Å². The quantitative estimate of drug-likeness (QED) is 0.728. The van der Waals surface area contributed by atoms with E-state index in [0.717, 1.165) is 10.9 Å². The van der Waals surface area contributed by atoms with Crippen LogP contribution >= 0.6 is 23.2 Å². The van der Waals surface area contributed by atoms with E-state index in [0.29, 0.717) is 5.39 Å². The second-order valence-corrected chi connectivity index (χ2v) is 8.29. The van der Waals surface area contributed by atoms with Crippen LogP contribution < -0.4 is 5.30 Å². The summed E-state index contributed by atoms with van der Waals surface area (Å²) >= 11 is 2.99. The summed E-state index contributed by atoms with van der Waals surface area (Å²) in [5.74, 6) is 0. The Morgan fingerprint density at radius 3 is 2.26 bits per heavy atom. The van der Waals surface area contributed by atoms with Gasteiger partial charge in [0.15, 0.2) is 0 Å². The summed E-state index contributed by atoms with van der Waals surface area (Å²) in [5.41, 5.74) is 0.895. The molecule has 7 heteroatoms. The Balaban J connectivity index is 2.78. The summed E-state index contributed by atoms with van der Waals surface area (Å²) in [6, 6.07) is 7.98. The maximum atomic E-state index is 12.8. The molecule has 0 radical (unpaired) electrons. The average molecular weight is 353 g/mol. The van der Waals surface area contributed by atoms with Gasteiger partial charge < -0.3 is 0 Å². The Morgan fingerprint density at radius 2 is 1.68 bits per heavy atom. The monoisotopic (exact) mass is 352 g/mol. The molecule has 0 spiro atoms. The minimum atomic E-state index is -6.20. The topological polar surface area (TPSA) is 60.7 Å². The molecule has 3 nitrogen and oxygen atoms in total. The molecule has 0 amide bonds. The molecular formula is C12H12BrF2O3P. The van der Waals surface area contributed by atoms with Gasteiger partial charge in [0.05, 0.1) is 0 Å². The van der Waals surface area contributed by atoms with E-state index in [1.54, 1.807) is 12.1 Å². The molecule has 3 N–H and O–H groups in total. The first-order valence-corrected chi connectivity index (χ1v) is 8.31. The van der Waals surface area contributed by atoms with E-state index in [2.05, 4.69) is 15.9 Å². The number of halogens is 3. The molecule has 19 heavy (non-hydrogen) atoms. The van der Waals surface area contributed by atoms with Gasteiger partial charge in [0.2, 0.25) is 0 Å². The Bertz CT molecular complexity index is 652. The first kappa shape index (κ1) is 14.8. The molecule has 0 saturated carbocycles. The van der Waals surface area contributed by atoms with Crippen molar-refractivity contribution >= 4 is 39.3 Å². The molecule has 0 atom stereocenters. The molecule has 0 bridgehead atoms. The fourth-order valence-electron chi connectivity index (χ4n) is 1.81. The molecule has 0 saturated heterocycles. The minimum absolute atomic E-state index is 0.0364. The van der Waals surface area contributed by atoms with Gasteiger partial charge in [0.1, 0.15) is 0 Å². The van der Waals surface area contributed by atoms with Crippen LogP contribution in [-0.4, -0.2) is 20.8 Å². The third kappa shape index (κ3) is 2.51. The van der Waals surface area contributed by atoms with Crippen molar-refractivity contribution in [3.63, 3.8) is 0 Å². The van der Waals surface area contributed by atoms with Crippen LogP contribution in [0.4, 0.5) is 8.78 Å². The van der Waals surface area contributed by atoms with Crippen molar-refractivity contribution in [2.75, 3.05) is 0 Å². The van der Waals surface area contributed by atoms with Crippen molar-refractivity contribution in [1.82, 2.24) is 0 Å². The number of aryl methyl sites for hydroxylation is 1. The van der Waals surface area contributed by atoms with E-state index < -0.39 is 18.8 Å². The van der Waals surface area contributed by atoms with Gasteiger partial charge in [0.25, 0.3) is 0 Å². The molecule has 2 rings (SSSR count). The predicted molar refractivity (Wildman–Crippen MR) is 75.6 cm³/mol. The normalized spacial score (nSPS) is 14.6. The van der Waals surface area contributed by atoms with Crippen molar-refractivity contribution in [3.8, 4) is 0 Å². The molecule has 0 aliphatic carbocycles. The van der Waals surface area contributed by atoms with Crippen LogP contribution in [0.3, 0.4) is 0 Å². The van der Waals surface area contributed by atoms with Gasteiger partial charge in [-0.25, -0.2) is 0 Å². The second kappa shape index (κ2) is 4.43. The molecule has 2 aromatic carbocycles. The van der Waals surface area contributed by atoms with Gasteiger partial charge in [-0.2, -0.15) is 0 Å². The zero-order chi connectivity index (χ0) is 14.4. The van der Waals surface area contributed by atoms with Crippen LogP contribution in [0.5, 0.6) is 0 Å². The number of rotatable bonds is 2. The average Bonchev–Trinajstić information content (AvgIpc) is 2.27. The van der Waals surface area contributed by atoms with Gasteiger partial charge in [-0.15, -0.1) is 0 Å². The zero-order valence-corrected chi connectivity index (χ0v) is 12.4. The van der Waals surface area contributed by atoms with Crippen molar-refractivity contribution in [3.05, 3.63) is 40.4 Å². The van der Waals surface area contributed by atoms with Crippen LogP contribution in [0.2, 0.25) is 0 Å². The predicted octanol–water partition coefficient (Wildman–Crippen LogP) is 3.03. The van der Waals surface area contributed by atoms with Gasteiger partial charge in [0, 0.05) is 0 Å². The van der Waals surface area contributed by atoms with E-state index >= 15 is 0 Å². The van der Waals surface area contributed by atoms with E-state index in [1.807, 2.05) is 13.0 Å². The van der Waals surface area contributed by atoms with Crippen molar-refractivity contribution in [2.45, 2.75) is 13.1 Å². The number of fused-ring (bicyclic) bond motifs is 1. The van der Waals surface area contributed by atoms with Gasteiger partial charge in [-0.1, -0.05) is 0 Å². The first-order chi connectivity index (χ1) is 8.60. The third-order valence-corrected chi connectivity index (χ3v) is 5.86. The van der Waals surface area contributed by atoms with Gasteiger partial charge in [-0.3, -0.25) is 0 Å². The molecule has 0 fully saturated rings. The summed E-state index contributed by atoms with van der Waals surface area (Å²) in [6.45, 7) is 1.82. The number of alkyl halides is 2. The molecule has 104 valence electrons. The molecule has 0 aromatic heterocycles. The molecular weight excluding hydrogens is 341 g/mol. The SMILES string of the molecule is Cc1ccc2cc(Br)c(P(O)(O)(O)C(F)F)cc2c1. The Hall–Kier alpha value is -0.650. The zero-order valence-electron chi connectivity index (χ0n) is 9.89. The standard InChI is InChI=1S/C12H12BrF2O3P/c1-7-2-3-8-5-10(13)11(6-9(8)4-7)19(16,17,18)12(14)15/h2-6,12,16-18H,1H3. The van der Waals surface area contributed by atoms with Crippen molar-refractivity contribution in [1.29, 1.82) is 0 Å². The van der Waals surface area contributed by atoms with Crippen LogP contribution in [-0.2, 0) is 0 Å². The maximum absolute atomic E-state index is 12.8. The summed E-state index contributed by atoms with van der Waals surface area (Å²) in [5, 5.41) is 0.714. The van der Waals surface area contributed by atoms with Gasteiger partial charge in [-0.05, 0) is 0 Å². The Kier molecular flexibility index (Phi) is 3.44. The number of benzene rings is 2.